The molecule has 1 aliphatic rings. The van der Waals surface area contributed by atoms with Crippen LogP contribution in [-0.2, 0) is 0 Å². The smallest absolute Gasteiger partial charge is 0.258 e. The molecule has 0 N–H and O–H groups in total. The molecule has 0 radical (unpaired) electrons. The summed E-state index contributed by atoms with van der Waals surface area (Å²) in [6.45, 7) is 2.51. The zero-order valence-corrected chi connectivity index (χ0v) is 10.9. The molecule has 0 aromatic heterocycles. The van der Waals surface area contributed by atoms with E-state index in [4.69, 9.17) is 0 Å². The van der Waals surface area contributed by atoms with Crippen molar-refractivity contribution >= 4 is 21.8 Å². The Labute approximate surface area is 107 Å². The number of carbonyl (C=O) groups is 1. The molecule has 1 fully saturated rings. The Morgan fingerprint density at radius 1 is 1.41 bits per heavy atom. The molecule has 1 aromatic rings. The van der Waals surface area contributed by atoms with Crippen LogP contribution in [0.4, 0.5) is 8.78 Å². The molecule has 92 valence electrons. The first-order valence-electron chi connectivity index (χ1n) is 5.47. The summed E-state index contributed by atoms with van der Waals surface area (Å²) < 4.78 is 26.8. The molecule has 0 saturated carbocycles. The van der Waals surface area contributed by atoms with Gasteiger partial charge in [-0.15, -0.1) is 0 Å². The maximum atomic E-state index is 13.6. The summed E-state index contributed by atoms with van der Waals surface area (Å²) in [5.74, 6) is -1.76. The molecule has 1 aliphatic heterocycles. The van der Waals surface area contributed by atoms with Crippen LogP contribution in [0.2, 0.25) is 0 Å². The van der Waals surface area contributed by atoms with E-state index in [0.29, 0.717) is 6.54 Å². The maximum Gasteiger partial charge on any atom is 0.258 e. The summed E-state index contributed by atoms with van der Waals surface area (Å²) in [4.78, 5) is 13.7. The fraction of sp³-hybridized carbons (Fsp3) is 0.417. The van der Waals surface area contributed by atoms with Gasteiger partial charge in [0, 0.05) is 12.6 Å². The highest BCUT2D eigenvalue weighted by Crippen LogP contribution is 2.27. The third kappa shape index (κ3) is 2.20. The van der Waals surface area contributed by atoms with Gasteiger partial charge in [0.05, 0.1) is 10.0 Å². The van der Waals surface area contributed by atoms with Crippen molar-refractivity contribution in [2.75, 3.05) is 6.54 Å². The van der Waals surface area contributed by atoms with Crippen LogP contribution in [0, 0.1) is 11.6 Å². The lowest BCUT2D eigenvalue weighted by Crippen LogP contribution is -2.34. The van der Waals surface area contributed by atoms with Gasteiger partial charge in [0.15, 0.2) is 0 Å². The molecule has 17 heavy (non-hydrogen) atoms. The molecule has 2 rings (SSSR count). The van der Waals surface area contributed by atoms with Gasteiger partial charge in [-0.1, -0.05) is 0 Å². The number of carbonyl (C=O) groups excluding carboxylic acids is 1. The Balaban J connectivity index is 2.40. The van der Waals surface area contributed by atoms with Crippen molar-refractivity contribution < 1.29 is 13.6 Å². The molecule has 0 aliphatic carbocycles. The first kappa shape index (κ1) is 12.5. The minimum absolute atomic E-state index is 0.0806. The minimum Gasteiger partial charge on any atom is -0.336 e. The van der Waals surface area contributed by atoms with Gasteiger partial charge in [0.25, 0.3) is 5.91 Å². The highest BCUT2D eigenvalue weighted by atomic mass is 79.9. The SMILES string of the molecule is C[C@H]1CCCN1C(=O)c1c(F)ccc(F)c1Br. The molecule has 0 spiro atoms. The Kier molecular flexibility index (Phi) is 3.47. The number of nitrogens with zero attached hydrogens (tertiary/aromatic N) is 1. The van der Waals surface area contributed by atoms with Crippen LogP contribution in [0.25, 0.3) is 0 Å². The number of amides is 1. The van der Waals surface area contributed by atoms with E-state index in [1.54, 1.807) is 4.90 Å². The summed E-state index contributed by atoms with van der Waals surface area (Å²) in [5, 5.41) is 0. The molecule has 0 bridgehead atoms. The average Bonchev–Trinajstić information content (AvgIpc) is 2.70. The predicted molar refractivity (Wildman–Crippen MR) is 63.8 cm³/mol. The Morgan fingerprint density at radius 3 is 2.65 bits per heavy atom. The van der Waals surface area contributed by atoms with E-state index in [-0.39, 0.29) is 16.1 Å². The molecule has 5 heteroatoms. The van der Waals surface area contributed by atoms with Crippen molar-refractivity contribution in [1.29, 1.82) is 0 Å². The lowest BCUT2D eigenvalue weighted by Gasteiger charge is -2.22. The zero-order chi connectivity index (χ0) is 12.6. The Bertz CT molecular complexity index is 464. The van der Waals surface area contributed by atoms with Crippen molar-refractivity contribution in [3.63, 3.8) is 0 Å². The molecular weight excluding hydrogens is 292 g/mol. The predicted octanol–water partition coefficient (Wildman–Crippen LogP) is 3.35. The lowest BCUT2D eigenvalue weighted by molar-refractivity contribution is 0.0741. The second-order valence-corrected chi connectivity index (χ2v) is 5.00. The van der Waals surface area contributed by atoms with Crippen molar-refractivity contribution in [2.45, 2.75) is 25.8 Å². The Morgan fingerprint density at radius 2 is 2.06 bits per heavy atom. The largest absolute Gasteiger partial charge is 0.336 e. The number of halogens is 3. The summed E-state index contributed by atoms with van der Waals surface area (Å²) in [6, 6.07) is 2.06. The minimum atomic E-state index is -0.692. The molecule has 2 nitrogen and oxygen atoms in total. The molecule has 1 heterocycles. The first-order chi connectivity index (χ1) is 8.02. The van der Waals surface area contributed by atoms with Crippen LogP contribution in [0.3, 0.4) is 0 Å². The summed E-state index contributed by atoms with van der Waals surface area (Å²) >= 11 is 2.94. The second-order valence-electron chi connectivity index (χ2n) is 4.21. The topological polar surface area (TPSA) is 20.3 Å². The highest BCUT2D eigenvalue weighted by Gasteiger charge is 2.29. The monoisotopic (exact) mass is 303 g/mol. The van der Waals surface area contributed by atoms with Crippen LogP contribution in [0.5, 0.6) is 0 Å². The van der Waals surface area contributed by atoms with Crippen LogP contribution in [0.15, 0.2) is 16.6 Å². The molecule has 1 atom stereocenters. The van der Waals surface area contributed by atoms with Gasteiger partial charge < -0.3 is 4.90 Å². The van der Waals surface area contributed by atoms with Crippen molar-refractivity contribution in [1.82, 2.24) is 4.90 Å². The van der Waals surface area contributed by atoms with E-state index in [1.807, 2.05) is 6.92 Å². The van der Waals surface area contributed by atoms with Crippen molar-refractivity contribution in [3.05, 3.63) is 33.8 Å². The summed E-state index contributed by atoms with van der Waals surface area (Å²) in [7, 11) is 0. The van der Waals surface area contributed by atoms with Crippen LogP contribution >= 0.6 is 15.9 Å². The van der Waals surface area contributed by atoms with E-state index in [9.17, 15) is 13.6 Å². The standard InChI is InChI=1S/C12H12BrF2NO/c1-7-3-2-6-16(7)12(17)10-8(14)4-5-9(15)11(10)13/h4-5,7H,2-3,6H2,1H3/t7-/m0/s1. The average molecular weight is 304 g/mol. The van der Waals surface area contributed by atoms with Crippen LogP contribution < -0.4 is 0 Å². The number of benzene rings is 1. The fourth-order valence-corrected chi connectivity index (χ4v) is 2.59. The van der Waals surface area contributed by atoms with Gasteiger partial charge in [0.1, 0.15) is 11.6 Å². The highest BCUT2D eigenvalue weighted by molar-refractivity contribution is 9.10. The summed E-state index contributed by atoms with van der Waals surface area (Å²) in [5.41, 5.74) is -0.209. The van der Waals surface area contributed by atoms with Crippen molar-refractivity contribution in [3.8, 4) is 0 Å². The van der Waals surface area contributed by atoms with Gasteiger partial charge in [-0.25, -0.2) is 8.78 Å². The number of rotatable bonds is 1. The van der Waals surface area contributed by atoms with E-state index in [1.165, 1.54) is 0 Å². The number of hydrogen-bond acceptors (Lipinski definition) is 1. The van der Waals surface area contributed by atoms with E-state index < -0.39 is 17.5 Å². The van der Waals surface area contributed by atoms with Gasteiger partial charge in [-0.2, -0.15) is 0 Å². The third-order valence-corrected chi connectivity index (χ3v) is 3.85. The van der Waals surface area contributed by atoms with Gasteiger partial charge >= 0.3 is 0 Å². The molecule has 1 aromatic carbocycles. The second kappa shape index (κ2) is 4.72. The van der Waals surface area contributed by atoms with Crippen LogP contribution in [0.1, 0.15) is 30.1 Å². The summed E-state index contributed by atoms with van der Waals surface area (Å²) in [6.07, 6.45) is 1.81. The molecule has 1 amide bonds. The van der Waals surface area contributed by atoms with Crippen molar-refractivity contribution in [2.24, 2.45) is 0 Å². The normalized spacial score (nSPS) is 19.8. The molecule has 1 saturated heterocycles. The Hall–Kier alpha value is -0.970. The van der Waals surface area contributed by atoms with E-state index >= 15 is 0 Å². The van der Waals surface area contributed by atoms with E-state index in [0.717, 1.165) is 25.0 Å². The first-order valence-corrected chi connectivity index (χ1v) is 6.26. The fourth-order valence-electron chi connectivity index (χ4n) is 2.10. The lowest BCUT2D eigenvalue weighted by atomic mass is 10.1. The molecule has 0 unspecified atom stereocenters. The van der Waals surface area contributed by atoms with Gasteiger partial charge in [0.2, 0.25) is 0 Å². The maximum absolute atomic E-state index is 13.6. The quantitative estimate of drug-likeness (QED) is 0.729. The third-order valence-electron chi connectivity index (χ3n) is 3.07. The van der Waals surface area contributed by atoms with Gasteiger partial charge in [-0.3, -0.25) is 4.79 Å². The van der Waals surface area contributed by atoms with E-state index in [2.05, 4.69) is 15.9 Å². The number of likely N-dealkylation sites (tertiary alicyclic amines) is 1. The van der Waals surface area contributed by atoms with Crippen LogP contribution in [-0.4, -0.2) is 23.4 Å². The molecular formula is C12H12BrF2NO. The number of hydrogen-bond donors (Lipinski definition) is 0. The zero-order valence-electron chi connectivity index (χ0n) is 9.34. The van der Waals surface area contributed by atoms with Gasteiger partial charge in [-0.05, 0) is 47.8 Å².